The van der Waals surface area contributed by atoms with Crippen LogP contribution in [0.15, 0.2) is 0 Å². The van der Waals surface area contributed by atoms with E-state index in [-0.39, 0.29) is 0 Å². The summed E-state index contributed by atoms with van der Waals surface area (Å²) in [5.74, 6) is 0. The number of carbonyl (C=O) groups excluding carboxylic acids is 1. The predicted molar refractivity (Wildman–Crippen MR) is 51.1 cm³/mol. The van der Waals surface area contributed by atoms with Gasteiger partial charge in [-0.25, -0.2) is 0 Å². The van der Waals surface area contributed by atoms with Gasteiger partial charge in [-0.3, -0.25) is 4.79 Å². The van der Waals surface area contributed by atoms with Gasteiger partial charge < -0.3 is 9.80 Å². The standard InChI is InChI=1S/C9H20N2O/c1-5-11(8-12)7-6-10(4)9(2)3/h8-9H,5-7H2,1-4H3. The van der Waals surface area contributed by atoms with Crippen molar-refractivity contribution in [2.75, 3.05) is 26.7 Å². The Bertz CT molecular complexity index is 126. The summed E-state index contributed by atoms with van der Waals surface area (Å²) in [7, 11) is 2.07. The number of amides is 1. The fourth-order valence-electron chi connectivity index (χ4n) is 0.830. The first-order valence-corrected chi connectivity index (χ1v) is 4.51. The molecular weight excluding hydrogens is 152 g/mol. The lowest BCUT2D eigenvalue weighted by Crippen LogP contribution is -2.35. The Morgan fingerprint density at radius 3 is 2.25 bits per heavy atom. The lowest BCUT2D eigenvalue weighted by molar-refractivity contribution is -0.118. The molecule has 72 valence electrons. The molecular formula is C9H20N2O. The van der Waals surface area contributed by atoms with Crippen LogP contribution >= 0.6 is 0 Å². The molecule has 0 heterocycles. The van der Waals surface area contributed by atoms with Crippen LogP contribution < -0.4 is 0 Å². The van der Waals surface area contributed by atoms with Gasteiger partial charge in [0, 0.05) is 25.7 Å². The van der Waals surface area contributed by atoms with Gasteiger partial charge in [0.2, 0.25) is 6.41 Å². The van der Waals surface area contributed by atoms with Crippen molar-refractivity contribution >= 4 is 6.41 Å². The molecule has 0 unspecified atom stereocenters. The molecule has 0 rings (SSSR count). The van der Waals surface area contributed by atoms with Crippen molar-refractivity contribution in [1.82, 2.24) is 9.80 Å². The minimum Gasteiger partial charge on any atom is -0.344 e. The zero-order valence-corrected chi connectivity index (χ0v) is 8.58. The van der Waals surface area contributed by atoms with E-state index in [1.54, 1.807) is 4.90 Å². The Kier molecular flexibility index (Phi) is 5.72. The minimum absolute atomic E-state index is 0.551. The highest BCUT2D eigenvalue weighted by Crippen LogP contribution is 1.93. The van der Waals surface area contributed by atoms with E-state index in [1.807, 2.05) is 6.92 Å². The number of likely N-dealkylation sites (N-methyl/N-ethyl adjacent to an activating group) is 2. The highest BCUT2D eigenvalue weighted by atomic mass is 16.1. The predicted octanol–water partition coefficient (Wildman–Crippen LogP) is 0.805. The first-order valence-electron chi connectivity index (χ1n) is 4.51. The van der Waals surface area contributed by atoms with E-state index in [2.05, 4.69) is 25.8 Å². The van der Waals surface area contributed by atoms with E-state index in [1.165, 1.54) is 0 Å². The quantitative estimate of drug-likeness (QED) is 0.553. The van der Waals surface area contributed by atoms with Gasteiger partial charge in [-0.2, -0.15) is 0 Å². The average Bonchev–Trinajstić information content (AvgIpc) is 2.05. The fourth-order valence-corrected chi connectivity index (χ4v) is 0.830. The van der Waals surface area contributed by atoms with Crippen molar-refractivity contribution in [2.45, 2.75) is 26.8 Å². The lowest BCUT2D eigenvalue weighted by atomic mass is 10.3. The number of hydrogen-bond acceptors (Lipinski definition) is 2. The van der Waals surface area contributed by atoms with Gasteiger partial charge in [-0.15, -0.1) is 0 Å². The summed E-state index contributed by atoms with van der Waals surface area (Å²) in [6.07, 6.45) is 0.911. The van der Waals surface area contributed by atoms with Crippen molar-refractivity contribution in [3.8, 4) is 0 Å². The van der Waals surface area contributed by atoms with Gasteiger partial charge >= 0.3 is 0 Å². The molecule has 0 aromatic rings. The monoisotopic (exact) mass is 172 g/mol. The van der Waals surface area contributed by atoms with E-state index in [9.17, 15) is 4.79 Å². The number of rotatable bonds is 6. The zero-order valence-electron chi connectivity index (χ0n) is 8.58. The summed E-state index contributed by atoms with van der Waals surface area (Å²) >= 11 is 0. The Morgan fingerprint density at radius 1 is 1.33 bits per heavy atom. The Hall–Kier alpha value is -0.570. The smallest absolute Gasteiger partial charge is 0.209 e. The van der Waals surface area contributed by atoms with Crippen molar-refractivity contribution in [2.24, 2.45) is 0 Å². The second-order valence-corrected chi connectivity index (χ2v) is 3.31. The highest BCUT2D eigenvalue weighted by Gasteiger charge is 2.04. The summed E-state index contributed by atoms with van der Waals surface area (Å²) in [5, 5.41) is 0. The lowest BCUT2D eigenvalue weighted by Gasteiger charge is -2.24. The molecule has 0 spiro atoms. The SMILES string of the molecule is CCN(C=O)CCN(C)C(C)C. The maximum absolute atomic E-state index is 10.4. The van der Waals surface area contributed by atoms with Crippen LogP contribution in [0.3, 0.4) is 0 Å². The van der Waals surface area contributed by atoms with E-state index in [0.717, 1.165) is 26.0 Å². The van der Waals surface area contributed by atoms with Crippen LogP contribution in [0.25, 0.3) is 0 Å². The molecule has 0 saturated carbocycles. The van der Waals surface area contributed by atoms with E-state index < -0.39 is 0 Å². The van der Waals surface area contributed by atoms with Crippen LogP contribution in [0.2, 0.25) is 0 Å². The highest BCUT2D eigenvalue weighted by molar-refractivity contribution is 5.46. The van der Waals surface area contributed by atoms with Crippen LogP contribution in [-0.2, 0) is 4.79 Å². The van der Waals surface area contributed by atoms with Crippen molar-refractivity contribution in [1.29, 1.82) is 0 Å². The van der Waals surface area contributed by atoms with Crippen LogP contribution in [0, 0.1) is 0 Å². The van der Waals surface area contributed by atoms with Gasteiger partial charge in [0.25, 0.3) is 0 Å². The van der Waals surface area contributed by atoms with Crippen LogP contribution in [-0.4, -0.2) is 48.9 Å². The largest absolute Gasteiger partial charge is 0.344 e. The molecule has 12 heavy (non-hydrogen) atoms. The maximum Gasteiger partial charge on any atom is 0.209 e. The molecule has 0 bridgehead atoms. The second kappa shape index (κ2) is 6.00. The molecule has 0 radical (unpaired) electrons. The maximum atomic E-state index is 10.4. The van der Waals surface area contributed by atoms with Gasteiger partial charge in [-0.05, 0) is 27.8 Å². The third kappa shape index (κ3) is 4.34. The van der Waals surface area contributed by atoms with E-state index >= 15 is 0 Å². The first kappa shape index (κ1) is 11.4. The summed E-state index contributed by atoms with van der Waals surface area (Å²) < 4.78 is 0. The average molecular weight is 172 g/mol. The van der Waals surface area contributed by atoms with Crippen LogP contribution in [0.1, 0.15) is 20.8 Å². The van der Waals surface area contributed by atoms with Crippen molar-refractivity contribution < 1.29 is 4.79 Å². The number of hydrogen-bond donors (Lipinski definition) is 0. The van der Waals surface area contributed by atoms with Crippen LogP contribution in [0.5, 0.6) is 0 Å². The molecule has 0 aliphatic heterocycles. The summed E-state index contributed by atoms with van der Waals surface area (Å²) in [6, 6.07) is 0.551. The molecule has 0 aliphatic rings. The second-order valence-electron chi connectivity index (χ2n) is 3.31. The molecule has 0 atom stereocenters. The molecule has 0 fully saturated rings. The molecule has 3 heteroatoms. The van der Waals surface area contributed by atoms with Gasteiger partial charge in [-0.1, -0.05) is 0 Å². The Balaban J connectivity index is 3.58. The fraction of sp³-hybridized carbons (Fsp3) is 0.889. The molecule has 0 aromatic heterocycles. The Labute approximate surface area is 75.3 Å². The van der Waals surface area contributed by atoms with Crippen molar-refractivity contribution in [3.05, 3.63) is 0 Å². The summed E-state index contributed by atoms with van der Waals surface area (Å²) in [5.41, 5.74) is 0. The number of carbonyl (C=O) groups is 1. The molecule has 0 N–H and O–H groups in total. The molecule has 1 amide bonds. The molecule has 0 saturated heterocycles. The molecule has 0 aromatic carbocycles. The van der Waals surface area contributed by atoms with Crippen LogP contribution in [0.4, 0.5) is 0 Å². The third-order valence-corrected chi connectivity index (χ3v) is 2.18. The zero-order chi connectivity index (χ0) is 9.56. The normalized spacial score (nSPS) is 10.8. The van der Waals surface area contributed by atoms with Gasteiger partial charge in [0.15, 0.2) is 0 Å². The third-order valence-electron chi connectivity index (χ3n) is 2.18. The topological polar surface area (TPSA) is 23.6 Å². The summed E-state index contributed by atoms with van der Waals surface area (Å²) in [6.45, 7) is 8.87. The van der Waals surface area contributed by atoms with Gasteiger partial charge in [0.1, 0.15) is 0 Å². The Morgan fingerprint density at radius 2 is 1.92 bits per heavy atom. The first-order chi connectivity index (χ1) is 5.61. The van der Waals surface area contributed by atoms with Crippen molar-refractivity contribution in [3.63, 3.8) is 0 Å². The van der Waals surface area contributed by atoms with Gasteiger partial charge in [0.05, 0.1) is 0 Å². The molecule has 3 nitrogen and oxygen atoms in total. The minimum atomic E-state index is 0.551. The van der Waals surface area contributed by atoms with E-state index in [4.69, 9.17) is 0 Å². The molecule has 0 aliphatic carbocycles. The van der Waals surface area contributed by atoms with E-state index in [0.29, 0.717) is 6.04 Å². The summed E-state index contributed by atoms with van der Waals surface area (Å²) in [4.78, 5) is 14.4. The number of nitrogens with zero attached hydrogens (tertiary/aromatic N) is 2.